The zero-order chi connectivity index (χ0) is 25.9. The number of nitrogens with one attached hydrogen (secondary N) is 1. The predicted molar refractivity (Wildman–Crippen MR) is 139 cm³/mol. The minimum absolute atomic E-state index is 0.0384. The number of benzene rings is 2. The Morgan fingerprint density at radius 3 is 2.27 bits per heavy atom. The number of amides is 1. The van der Waals surface area contributed by atoms with E-state index in [1.807, 2.05) is 60.7 Å². The first kappa shape index (κ1) is 25.7. The monoisotopic (exact) mass is 560 g/mol. The van der Waals surface area contributed by atoms with E-state index in [4.69, 9.17) is 21.3 Å². The van der Waals surface area contributed by atoms with Crippen LogP contribution in [0.5, 0.6) is 0 Å². The number of thiophene rings is 1. The molecule has 3 aromatic rings. The SMILES string of the molecule is O=C(NCC(c1ccccc1)c1ccccc1)O[N+]1=NOC2(CCC(S(=O)(=O)c3ccc(Cl)s3)CC2)C1. The van der Waals surface area contributed by atoms with Crippen molar-refractivity contribution in [1.82, 2.24) is 5.32 Å². The van der Waals surface area contributed by atoms with Gasteiger partial charge in [-0.1, -0.05) is 72.3 Å². The molecule has 1 amide bonds. The normalized spacial score (nSPS) is 21.5. The lowest BCUT2D eigenvalue weighted by molar-refractivity contribution is -0.806. The summed E-state index contributed by atoms with van der Waals surface area (Å²) in [6, 6.07) is 23.1. The molecule has 0 radical (unpaired) electrons. The fourth-order valence-corrected chi connectivity index (χ4v) is 8.39. The van der Waals surface area contributed by atoms with Crippen molar-refractivity contribution in [3.05, 3.63) is 88.3 Å². The van der Waals surface area contributed by atoms with Gasteiger partial charge in [0.15, 0.2) is 9.84 Å². The van der Waals surface area contributed by atoms with Gasteiger partial charge in [-0.05, 0) is 48.9 Å². The molecule has 1 N–H and O–H groups in total. The highest BCUT2D eigenvalue weighted by atomic mass is 35.5. The predicted octanol–water partition coefficient (Wildman–Crippen LogP) is 5.74. The van der Waals surface area contributed by atoms with Gasteiger partial charge in [-0.2, -0.15) is 0 Å². The van der Waals surface area contributed by atoms with Crippen LogP contribution >= 0.6 is 22.9 Å². The van der Waals surface area contributed by atoms with Gasteiger partial charge in [0.1, 0.15) is 9.07 Å². The van der Waals surface area contributed by atoms with Crippen molar-refractivity contribution in [1.29, 1.82) is 0 Å². The summed E-state index contributed by atoms with van der Waals surface area (Å²) >= 11 is 7.01. The molecular formula is C26H27ClN3O5S2+. The molecule has 1 aliphatic carbocycles. The zero-order valence-corrected chi connectivity index (χ0v) is 22.3. The highest BCUT2D eigenvalue weighted by Gasteiger charge is 2.51. The van der Waals surface area contributed by atoms with Crippen LogP contribution in [0.4, 0.5) is 4.79 Å². The molecule has 5 rings (SSSR count). The molecule has 2 heterocycles. The molecule has 0 saturated heterocycles. The van der Waals surface area contributed by atoms with Gasteiger partial charge in [0.05, 0.1) is 9.59 Å². The third kappa shape index (κ3) is 5.81. The van der Waals surface area contributed by atoms with Crippen molar-refractivity contribution in [2.24, 2.45) is 5.28 Å². The Morgan fingerprint density at radius 1 is 1.08 bits per heavy atom. The molecule has 2 aromatic carbocycles. The average molecular weight is 561 g/mol. The summed E-state index contributed by atoms with van der Waals surface area (Å²) < 4.78 is 26.6. The second-order valence-corrected chi connectivity index (χ2v) is 13.5. The Bertz CT molecular complexity index is 1330. The molecule has 37 heavy (non-hydrogen) atoms. The number of carbonyl (C=O) groups is 1. The highest BCUT2D eigenvalue weighted by Crippen LogP contribution is 2.40. The van der Waals surface area contributed by atoms with Crippen LogP contribution in [-0.2, 0) is 19.5 Å². The topological polar surface area (TPSA) is 97.1 Å². The fourth-order valence-electron chi connectivity index (χ4n) is 4.89. The number of hydroxylamine groups is 1. The zero-order valence-electron chi connectivity index (χ0n) is 20.0. The van der Waals surface area contributed by atoms with Gasteiger partial charge in [-0.3, -0.25) is 0 Å². The summed E-state index contributed by atoms with van der Waals surface area (Å²) in [4.78, 5) is 24.8. The maximum Gasteiger partial charge on any atom is 0.478 e. The molecule has 1 aromatic heterocycles. The fraction of sp³-hybridized carbons (Fsp3) is 0.346. The first-order valence-electron chi connectivity index (χ1n) is 12.1. The largest absolute Gasteiger partial charge is 0.478 e. The van der Waals surface area contributed by atoms with Crippen molar-refractivity contribution in [2.45, 2.75) is 46.7 Å². The summed E-state index contributed by atoms with van der Waals surface area (Å²) in [5.41, 5.74) is 1.49. The van der Waals surface area contributed by atoms with Crippen molar-refractivity contribution in [3.63, 3.8) is 0 Å². The Hall–Kier alpha value is -2.95. The number of halogens is 1. The number of rotatable bonds is 7. The summed E-state index contributed by atoms with van der Waals surface area (Å²) in [7, 11) is -3.44. The molecule has 2 aliphatic rings. The van der Waals surface area contributed by atoms with Gasteiger partial charge >= 0.3 is 6.09 Å². The van der Waals surface area contributed by atoms with Crippen LogP contribution in [0.1, 0.15) is 42.7 Å². The second-order valence-electron chi connectivity index (χ2n) is 9.30. The van der Waals surface area contributed by atoms with E-state index in [0.29, 0.717) is 40.8 Å². The van der Waals surface area contributed by atoms with Crippen LogP contribution in [0.25, 0.3) is 0 Å². The summed E-state index contributed by atoms with van der Waals surface area (Å²) in [5, 5.41) is 6.27. The molecule has 8 nitrogen and oxygen atoms in total. The third-order valence-electron chi connectivity index (χ3n) is 6.90. The Morgan fingerprint density at radius 2 is 1.70 bits per heavy atom. The number of carbonyl (C=O) groups excluding carboxylic acids is 1. The molecule has 1 aliphatic heterocycles. The number of sulfone groups is 1. The molecular weight excluding hydrogens is 534 g/mol. The van der Waals surface area contributed by atoms with Crippen LogP contribution in [0, 0.1) is 0 Å². The Balaban J connectivity index is 1.14. The molecule has 0 unspecified atom stereocenters. The summed E-state index contributed by atoms with van der Waals surface area (Å²) in [6.07, 6.45) is 1.22. The van der Waals surface area contributed by atoms with E-state index in [0.717, 1.165) is 27.3 Å². The first-order chi connectivity index (χ1) is 17.8. The highest BCUT2D eigenvalue weighted by molar-refractivity contribution is 7.94. The van der Waals surface area contributed by atoms with Gasteiger partial charge in [0.2, 0.25) is 10.9 Å². The van der Waals surface area contributed by atoms with E-state index < -0.39 is 26.8 Å². The maximum absolute atomic E-state index is 12.9. The quantitative estimate of drug-likeness (QED) is 0.372. The van der Waals surface area contributed by atoms with E-state index in [-0.39, 0.29) is 12.5 Å². The molecule has 1 spiro atoms. The van der Waals surface area contributed by atoms with Crippen LogP contribution in [0.2, 0.25) is 4.34 Å². The van der Waals surface area contributed by atoms with Gasteiger partial charge in [0.25, 0.3) is 6.54 Å². The van der Waals surface area contributed by atoms with Crippen molar-refractivity contribution < 1.29 is 27.7 Å². The second kappa shape index (κ2) is 10.8. The van der Waals surface area contributed by atoms with Gasteiger partial charge < -0.3 is 10.2 Å². The molecule has 1 saturated carbocycles. The minimum Gasteiger partial charge on any atom is -0.331 e. The van der Waals surface area contributed by atoms with Crippen molar-refractivity contribution in [2.75, 3.05) is 13.1 Å². The lowest BCUT2D eigenvalue weighted by Gasteiger charge is -2.30. The van der Waals surface area contributed by atoms with Crippen LogP contribution < -0.4 is 5.32 Å². The van der Waals surface area contributed by atoms with Crippen LogP contribution in [0.15, 0.2) is 82.3 Å². The van der Waals surface area contributed by atoms with E-state index in [1.54, 1.807) is 12.1 Å². The van der Waals surface area contributed by atoms with E-state index in [1.165, 1.54) is 0 Å². The molecule has 11 heteroatoms. The van der Waals surface area contributed by atoms with Crippen LogP contribution in [0.3, 0.4) is 0 Å². The van der Waals surface area contributed by atoms with Crippen LogP contribution in [-0.4, -0.2) is 43.3 Å². The number of nitrogens with zero attached hydrogens (tertiary/aromatic N) is 2. The lowest BCUT2D eigenvalue weighted by Crippen LogP contribution is -2.42. The van der Waals surface area contributed by atoms with E-state index >= 15 is 0 Å². The Kier molecular flexibility index (Phi) is 7.50. The third-order valence-corrected chi connectivity index (χ3v) is 10.9. The standard InChI is InChI=1S/C26H26ClN3O5S2/c27-23-11-12-24(36-23)37(32,33)21-13-15-26(16-14-21)18-30(29-35-26)34-25(31)28-17-22(19-7-3-1-4-8-19)20-9-5-2-6-10-20/h1-12,21-22H,13-18H2/p+1. The first-order valence-corrected chi connectivity index (χ1v) is 14.8. The smallest absolute Gasteiger partial charge is 0.331 e. The average Bonchev–Trinajstić information content (AvgIpc) is 3.52. The van der Waals surface area contributed by atoms with Gasteiger partial charge in [0, 0.05) is 12.5 Å². The van der Waals surface area contributed by atoms with Gasteiger partial charge in [-0.15, -0.1) is 16.2 Å². The number of hydrogen-bond acceptors (Lipinski definition) is 7. The Labute approximate surface area is 224 Å². The molecule has 1 fully saturated rings. The molecule has 194 valence electrons. The van der Waals surface area contributed by atoms with Crippen molar-refractivity contribution >= 4 is 38.9 Å². The molecule has 0 atom stereocenters. The van der Waals surface area contributed by atoms with E-state index in [2.05, 4.69) is 10.6 Å². The summed E-state index contributed by atoms with van der Waals surface area (Å²) in [6.45, 7) is 0.595. The minimum atomic E-state index is -3.44. The van der Waals surface area contributed by atoms with E-state index in [9.17, 15) is 13.2 Å². The number of hydrogen-bond donors (Lipinski definition) is 1. The van der Waals surface area contributed by atoms with Gasteiger partial charge in [-0.25, -0.2) is 13.2 Å². The maximum atomic E-state index is 12.9. The molecule has 0 bridgehead atoms. The van der Waals surface area contributed by atoms with Crippen molar-refractivity contribution in [3.8, 4) is 0 Å². The lowest BCUT2D eigenvalue weighted by atomic mass is 9.85. The summed E-state index contributed by atoms with van der Waals surface area (Å²) in [5.74, 6) is -0.0384.